The van der Waals surface area contributed by atoms with E-state index in [4.69, 9.17) is 0 Å². The fraction of sp³-hybridized carbons (Fsp3) is 0.900. The summed E-state index contributed by atoms with van der Waals surface area (Å²) in [7, 11) is 1.81. The van der Waals surface area contributed by atoms with E-state index in [0.717, 1.165) is 24.7 Å². The van der Waals surface area contributed by atoms with Gasteiger partial charge in [0.2, 0.25) is 0 Å². The van der Waals surface area contributed by atoms with Crippen LogP contribution in [0.3, 0.4) is 0 Å². The molecule has 84 valence electrons. The van der Waals surface area contributed by atoms with Crippen molar-refractivity contribution < 1.29 is 0 Å². The molecular weight excluding hydrogens is 190 g/mol. The number of nitrogens with one attached hydrogen (secondary N) is 1. The Bertz CT molecular complexity index is 305. The molecule has 1 saturated carbocycles. The minimum Gasteiger partial charge on any atom is -0.314 e. The lowest BCUT2D eigenvalue weighted by Crippen LogP contribution is -2.31. The molecule has 1 fully saturated rings. The number of aryl methyl sites for hydroxylation is 1. The maximum absolute atomic E-state index is 4.21. The minimum absolute atomic E-state index is 0.520. The van der Waals surface area contributed by atoms with Crippen molar-refractivity contribution in [2.24, 2.45) is 13.0 Å². The van der Waals surface area contributed by atoms with Crippen LogP contribution in [0.25, 0.3) is 0 Å². The van der Waals surface area contributed by atoms with Gasteiger partial charge in [-0.05, 0) is 24.1 Å². The highest BCUT2D eigenvalue weighted by Gasteiger charge is 2.25. The third kappa shape index (κ3) is 3.27. The van der Waals surface area contributed by atoms with Crippen LogP contribution in [-0.2, 0) is 13.5 Å². The summed E-state index contributed by atoms with van der Waals surface area (Å²) in [5.41, 5.74) is 0. The fourth-order valence-electron chi connectivity index (χ4n) is 1.91. The van der Waals surface area contributed by atoms with E-state index in [9.17, 15) is 0 Å². The largest absolute Gasteiger partial charge is 0.314 e. The molecular formula is C10H19N5. The topological polar surface area (TPSA) is 55.6 Å². The molecule has 1 aromatic rings. The van der Waals surface area contributed by atoms with Crippen molar-refractivity contribution >= 4 is 0 Å². The van der Waals surface area contributed by atoms with E-state index in [0.29, 0.717) is 6.04 Å². The quantitative estimate of drug-likeness (QED) is 0.742. The lowest BCUT2D eigenvalue weighted by atomic mass is 10.1. The van der Waals surface area contributed by atoms with Gasteiger partial charge in [-0.3, -0.25) is 0 Å². The zero-order valence-electron chi connectivity index (χ0n) is 9.48. The Balaban J connectivity index is 1.86. The van der Waals surface area contributed by atoms with E-state index in [-0.39, 0.29) is 0 Å². The summed E-state index contributed by atoms with van der Waals surface area (Å²) >= 11 is 0. The number of hydrogen-bond donors (Lipinski definition) is 1. The standard InChI is InChI=1S/C10H19N5/c1-3-11-9(6-8-4-5-8)7-10-12-14-15(2)13-10/h8-9,11H,3-7H2,1-2H3. The van der Waals surface area contributed by atoms with Gasteiger partial charge in [0.05, 0.1) is 7.05 Å². The minimum atomic E-state index is 0.520. The number of tetrazole rings is 1. The SMILES string of the molecule is CCNC(Cc1nnn(C)n1)CC1CC1. The summed E-state index contributed by atoms with van der Waals surface area (Å²) < 4.78 is 0. The molecule has 0 bridgehead atoms. The van der Waals surface area contributed by atoms with Crippen LogP contribution in [0.4, 0.5) is 0 Å². The van der Waals surface area contributed by atoms with Crippen molar-refractivity contribution in [3.8, 4) is 0 Å². The normalized spacial score (nSPS) is 18.0. The predicted molar refractivity (Wildman–Crippen MR) is 57.3 cm³/mol. The average molecular weight is 209 g/mol. The number of aromatic nitrogens is 4. The van der Waals surface area contributed by atoms with Crippen molar-refractivity contribution in [2.45, 2.75) is 38.6 Å². The second kappa shape index (κ2) is 4.70. The first-order valence-corrected chi connectivity index (χ1v) is 5.74. The smallest absolute Gasteiger partial charge is 0.176 e. The van der Waals surface area contributed by atoms with E-state index in [2.05, 4.69) is 27.7 Å². The number of nitrogens with zero attached hydrogens (tertiary/aromatic N) is 4. The first-order chi connectivity index (χ1) is 7.28. The molecule has 5 nitrogen and oxygen atoms in total. The molecule has 5 heteroatoms. The maximum atomic E-state index is 4.21. The number of hydrogen-bond acceptors (Lipinski definition) is 4. The van der Waals surface area contributed by atoms with E-state index in [1.54, 1.807) is 7.05 Å². The summed E-state index contributed by atoms with van der Waals surface area (Å²) in [6.45, 7) is 3.15. The van der Waals surface area contributed by atoms with Crippen LogP contribution in [-0.4, -0.2) is 32.8 Å². The first kappa shape index (κ1) is 10.5. The molecule has 1 N–H and O–H groups in total. The van der Waals surface area contributed by atoms with Crippen molar-refractivity contribution in [3.05, 3.63) is 5.82 Å². The molecule has 0 saturated heterocycles. The summed E-state index contributed by atoms with van der Waals surface area (Å²) in [5, 5.41) is 15.6. The van der Waals surface area contributed by atoms with Gasteiger partial charge in [0.15, 0.2) is 5.82 Å². The van der Waals surface area contributed by atoms with E-state index >= 15 is 0 Å². The van der Waals surface area contributed by atoms with Gasteiger partial charge in [0, 0.05) is 12.5 Å². The van der Waals surface area contributed by atoms with Crippen molar-refractivity contribution in [2.75, 3.05) is 6.54 Å². The predicted octanol–water partition coefficient (Wildman–Crippen LogP) is 0.531. The first-order valence-electron chi connectivity index (χ1n) is 5.74. The lowest BCUT2D eigenvalue weighted by molar-refractivity contribution is 0.457. The zero-order valence-corrected chi connectivity index (χ0v) is 9.48. The summed E-state index contributed by atoms with van der Waals surface area (Å²) in [6, 6.07) is 0.520. The third-order valence-corrected chi connectivity index (χ3v) is 2.79. The zero-order chi connectivity index (χ0) is 10.7. The highest BCUT2D eigenvalue weighted by molar-refractivity contribution is 4.88. The van der Waals surface area contributed by atoms with Crippen molar-refractivity contribution in [1.82, 2.24) is 25.5 Å². The van der Waals surface area contributed by atoms with Gasteiger partial charge in [0.25, 0.3) is 0 Å². The highest BCUT2D eigenvalue weighted by Crippen LogP contribution is 2.33. The van der Waals surface area contributed by atoms with Crippen LogP contribution in [0.15, 0.2) is 0 Å². The van der Waals surface area contributed by atoms with Crippen LogP contribution in [0.1, 0.15) is 32.0 Å². The molecule has 0 aliphatic heterocycles. The second-order valence-corrected chi connectivity index (χ2v) is 4.33. The molecule has 1 aromatic heterocycles. The van der Waals surface area contributed by atoms with Crippen LogP contribution in [0, 0.1) is 5.92 Å². The average Bonchev–Trinajstić information content (AvgIpc) is 2.90. The van der Waals surface area contributed by atoms with E-state index < -0.39 is 0 Å². The van der Waals surface area contributed by atoms with Crippen LogP contribution >= 0.6 is 0 Å². The Hall–Kier alpha value is -0.970. The van der Waals surface area contributed by atoms with Gasteiger partial charge >= 0.3 is 0 Å². The van der Waals surface area contributed by atoms with Gasteiger partial charge in [-0.25, -0.2) is 0 Å². The number of likely N-dealkylation sites (N-methyl/N-ethyl adjacent to an activating group) is 1. The van der Waals surface area contributed by atoms with Gasteiger partial charge in [-0.15, -0.1) is 10.2 Å². The van der Waals surface area contributed by atoms with Crippen LogP contribution in [0.5, 0.6) is 0 Å². The van der Waals surface area contributed by atoms with Crippen LogP contribution < -0.4 is 5.32 Å². The molecule has 1 aliphatic rings. The van der Waals surface area contributed by atoms with Gasteiger partial charge in [-0.2, -0.15) is 4.80 Å². The molecule has 0 radical (unpaired) electrons. The van der Waals surface area contributed by atoms with E-state index in [1.165, 1.54) is 24.1 Å². The van der Waals surface area contributed by atoms with Gasteiger partial charge in [0.1, 0.15) is 0 Å². The fourth-order valence-corrected chi connectivity index (χ4v) is 1.91. The molecule has 15 heavy (non-hydrogen) atoms. The van der Waals surface area contributed by atoms with Crippen LogP contribution in [0.2, 0.25) is 0 Å². The molecule has 0 spiro atoms. The monoisotopic (exact) mass is 209 g/mol. The molecule has 1 atom stereocenters. The van der Waals surface area contributed by atoms with Gasteiger partial charge < -0.3 is 5.32 Å². The molecule has 1 aliphatic carbocycles. The Kier molecular flexibility index (Phi) is 3.30. The third-order valence-electron chi connectivity index (χ3n) is 2.79. The molecule has 2 rings (SSSR count). The Morgan fingerprint density at radius 2 is 2.33 bits per heavy atom. The summed E-state index contributed by atoms with van der Waals surface area (Å²) in [5.74, 6) is 1.79. The second-order valence-electron chi connectivity index (χ2n) is 4.33. The van der Waals surface area contributed by atoms with Gasteiger partial charge in [-0.1, -0.05) is 19.8 Å². The summed E-state index contributed by atoms with van der Waals surface area (Å²) in [6.07, 6.45) is 4.95. The molecule has 1 heterocycles. The van der Waals surface area contributed by atoms with Crippen molar-refractivity contribution in [3.63, 3.8) is 0 Å². The Morgan fingerprint density at radius 1 is 1.53 bits per heavy atom. The van der Waals surface area contributed by atoms with Crippen molar-refractivity contribution in [1.29, 1.82) is 0 Å². The lowest BCUT2D eigenvalue weighted by Gasteiger charge is -2.15. The molecule has 0 amide bonds. The Morgan fingerprint density at radius 3 is 2.87 bits per heavy atom. The summed E-state index contributed by atoms with van der Waals surface area (Å²) in [4.78, 5) is 1.52. The molecule has 1 unspecified atom stereocenters. The molecule has 0 aromatic carbocycles. The Labute approximate surface area is 90.2 Å². The number of rotatable bonds is 6. The van der Waals surface area contributed by atoms with E-state index in [1.807, 2.05) is 0 Å². The highest BCUT2D eigenvalue weighted by atomic mass is 15.6. The maximum Gasteiger partial charge on any atom is 0.176 e.